The molecule has 0 N–H and O–H groups in total. The van der Waals surface area contributed by atoms with Gasteiger partial charge in [0.25, 0.3) is 0 Å². The van der Waals surface area contributed by atoms with Crippen molar-refractivity contribution in [3.63, 3.8) is 0 Å². The molecule has 0 aromatic carbocycles. The summed E-state index contributed by atoms with van der Waals surface area (Å²) >= 11 is 0. The van der Waals surface area contributed by atoms with Crippen LogP contribution in [0.1, 0.15) is 96.3 Å². The Kier molecular flexibility index (Phi) is 16.4. The van der Waals surface area contributed by atoms with Gasteiger partial charge in [-0.05, 0) is 12.8 Å². The molecule has 0 rings (SSSR count). The quantitative estimate of drug-likeness (QED) is 0.368. The Labute approximate surface area is 119 Å². The van der Waals surface area contributed by atoms with Gasteiger partial charge in [-0.2, -0.15) is 5.26 Å². The Bertz CT molecular complexity index is 220. The van der Waals surface area contributed by atoms with Gasteiger partial charge in [-0.25, -0.2) is 0 Å². The van der Waals surface area contributed by atoms with E-state index in [0.717, 1.165) is 19.3 Å². The monoisotopic (exact) mass is 264 g/mol. The number of nitriles is 1. The maximum atomic E-state index is 10.00. The molecule has 0 saturated heterocycles. The third-order valence-electron chi connectivity index (χ3n) is 3.57. The van der Waals surface area contributed by atoms with Crippen LogP contribution in [-0.2, 0) is 4.79 Å². The van der Waals surface area contributed by atoms with Gasteiger partial charge < -0.3 is 0 Å². The SMILES string of the molecule is N#CCCCCCCCCCCCCCCC[C]=O. The lowest BCUT2D eigenvalue weighted by molar-refractivity contribution is 0.530. The van der Waals surface area contributed by atoms with E-state index in [-0.39, 0.29) is 0 Å². The third kappa shape index (κ3) is 17.2. The maximum Gasteiger partial charge on any atom is 0.198 e. The van der Waals surface area contributed by atoms with Crippen molar-refractivity contribution in [2.45, 2.75) is 96.3 Å². The van der Waals surface area contributed by atoms with E-state index in [0.29, 0.717) is 6.42 Å². The van der Waals surface area contributed by atoms with Gasteiger partial charge in [0.15, 0.2) is 6.29 Å². The van der Waals surface area contributed by atoms with Crippen LogP contribution in [-0.4, -0.2) is 6.29 Å². The molecule has 0 aliphatic rings. The summed E-state index contributed by atoms with van der Waals surface area (Å²) in [5.74, 6) is 0. The molecule has 0 amide bonds. The fourth-order valence-corrected chi connectivity index (χ4v) is 2.35. The molecular weight excluding hydrogens is 234 g/mol. The normalized spacial score (nSPS) is 10.3. The second kappa shape index (κ2) is 17.2. The molecule has 0 aliphatic heterocycles. The molecule has 0 aromatic rings. The van der Waals surface area contributed by atoms with Crippen LogP contribution < -0.4 is 0 Å². The number of hydrogen-bond acceptors (Lipinski definition) is 2. The predicted octanol–water partition coefficient (Wildman–Crippen LogP) is 5.47. The summed E-state index contributed by atoms with van der Waals surface area (Å²) in [4.78, 5) is 10.00. The summed E-state index contributed by atoms with van der Waals surface area (Å²) in [6, 6.07) is 2.20. The zero-order chi connectivity index (χ0) is 14.0. The lowest BCUT2D eigenvalue weighted by atomic mass is 10.0. The number of carbonyl (C=O) groups excluding carboxylic acids is 1. The number of unbranched alkanes of at least 4 members (excludes halogenated alkanes) is 14. The minimum Gasteiger partial charge on any atom is -0.291 e. The fraction of sp³-hybridized carbons (Fsp3) is 0.882. The third-order valence-corrected chi connectivity index (χ3v) is 3.57. The van der Waals surface area contributed by atoms with Crippen molar-refractivity contribution in [1.82, 2.24) is 0 Å². The van der Waals surface area contributed by atoms with Crippen molar-refractivity contribution in [2.75, 3.05) is 0 Å². The Balaban J connectivity index is 2.91. The van der Waals surface area contributed by atoms with Gasteiger partial charge in [-0.15, -0.1) is 0 Å². The molecule has 0 aromatic heterocycles. The van der Waals surface area contributed by atoms with E-state index in [9.17, 15) is 4.79 Å². The number of nitrogens with zero attached hydrogens (tertiary/aromatic N) is 1. The zero-order valence-electron chi connectivity index (χ0n) is 12.5. The molecule has 2 heteroatoms. The zero-order valence-corrected chi connectivity index (χ0v) is 12.5. The van der Waals surface area contributed by atoms with E-state index in [1.807, 2.05) is 6.29 Å². The smallest absolute Gasteiger partial charge is 0.198 e. The van der Waals surface area contributed by atoms with Crippen molar-refractivity contribution in [2.24, 2.45) is 0 Å². The van der Waals surface area contributed by atoms with Gasteiger partial charge in [-0.1, -0.05) is 70.6 Å². The summed E-state index contributed by atoms with van der Waals surface area (Å²) in [5.41, 5.74) is 0. The van der Waals surface area contributed by atoms with Crippen LogP contribution in [0.15, 0.2) is 0 Å². The highest BCUT2D eigenvalue weighted by Gasteiger charge is 1.94. The molecule has 0 aliphatic carbocycles. The van der Waals surface area contributed by atoms with Crippen molar-refractivity contribution in [1.29, 1.82) is 5.26 Å². The van der Waals surface area contributed by atoms with E-state index in [1.165, 1.54) is 70.6 Å². The van der Waals surface area contributed by atoms with E-state index in [1.54, 1.807) is 0 Å². The first kappa shape index (κ1) is 18.2. The molecule has 0 unspecified atom stereocenters. The van der Waals surface area contributed by atoms with Gasteiger partial charge in [0.1, 0.15) is 0 Å². The van der Waals surface area contributed by atoms with Crippen LogP contribution in [0.25, 0.3) is 0 Å². The highest BCUT2D eigenvalue weighted by Crippen LogP contribution is 2.13. The molecule has 0 heterocycles. The predicted molar refractivity (Wildman–Crippen MR) is 80.6 cm³/mol. The van der Waals surface area contributed by atoms with E-state index in [2.05, 4.69) is 6.07 Å². The highest BCUT2D eigenvalue weighted by molar-refractivity contribution is 5.50. The van der Waals surface area contributed by atoms with Crippen molar-refractivity contribution in [3.8, 4) is 6.07 Å². The largest absolute Gasteiger partial charge is 0.291 e. The highest BCUT2D eigenvalue weighted by atomic mass is 16.1. The average molecular weight is 264 g/mol. The van der Waals surface area contributed by atoms with Gasteiger partial charge >= 0.3 is 0 Å². The summed E-state index contributed by atoms with van der Waals surface area (Å²) in [6.07, 6.45) is 19.9. The first-order valence-corrected chi connectivity index (χ1v) is 8.13. The number of hydrogen-bond donors (Lipinski definition) is 0. The molecule has 0 atom stereocenters. The Morgan fingerprint density at radius 3 is 1.16 bits per heavy atom. The summed E-state index contributed by atoms with van der Waals surface area (Å²) < 4.78 is 0. The van der Waals surface area contributed by atoms with Crippen LogP contribution in [0.3, 0.4) is 0 Å². The standard InChI is InChI=1S/C17H30NO/c18-16-14-12-10-8-6-4-2-1-3-5-7-9-11-13-15-17-19/h1-15H2. The van der Waals surface area contributed by atoms with Crippen LogP contribution in [0.2, 0.25) is 0 Å². The Morgan fingerprint density at radius 2 is 0.842 bits per heavy atom. The van der Waals surface area contributed by atoms with Crippen LogP contribution in [0.4, 0.5) is 0 Å². The summed E-state index contributed by atoms with van der Waals surface area (Å²) in [6.45, 7) is 0. The Hall–Kier alpha value is -0.840. The minimum atomic E-state index is 0.619. The van der Waals surface area contributed by atoms with Gasteiger partial charge in [0, 0.05) is 12.8 Å². The molecule has 1 radical (unpaired) electrons. The van der Waals surface area contributed by atoms with Crippen LogP contribution in [0, 0.1) is 11.3 Å². The van der Waals surface area contributed by atoms with E-state index in [4.69, 9.17) is 5.26 Å². The molecule has 0 spiro atoms. The van der Waals surface area contributed by atoms with Crippen molar-refractivity contribution in [3.05, 3.63) is 0 Å². The summed E-state index contributed by atoms with van der Waals surface area (Å²) in [7, 11) is 0. The van der Waals surface area contributed by atoms with Crippen molar-refractivity contribution < 1.29 is 4.79 Å². The molecule has 0 saturated carbocycles. The molecule has 109 valence electrons. The molecule has 0 bridgehead atoms. The van der Waals surface area contributed by atoms with Crippen LogP contribution in [0.5, 0.6) is 0 Å². The molecule has 19 heavy (non-hydrogen) atoms. The van der Waals surface area contributed by atoms with Crippen molar-refractivity contribution >= 4 is 6.29 Å². The molecule has 2 nitrogen and oxygen atoms in total. The lowest BCUT2D eigenvalue weighted by Crippen LogP contribution is -1.83. The van der Waals surface area contributed by atoms with Gasteiger partial charge in [0.05, 0.1) is 6.07 Å². The minimum absolute atomic E-state index is 0.619. The molecular formula is C17H30NO. The first-order valence-electron chi connectivity index (χ1n) is 8.13. The molecule has 0 fully saturated rings. The fourth-order valence-electron chi connectivity index (χ4n) is 2.35. The van der Waals surface area contributed by atoms with Gasteiger partial charge in [0.2, 0.25) is 0 Å². The number of rotatable bonds is 15. The maximum absolute atomic E-state index is 10.00. The second-order valence-electron chi connectivity index (χ2n) is 5.40. The summed E-state index contributed by atoms with van der Waals surface area (Å²) in [5, 5.41) is 8.40. The average Bonchev–Trinajstić information content (AvgIpc) is 2.43. The van der Waals surface area contributed by atoms with E-state index >= 15 is 0 Å². The lowest BCUT2D eigenvalue weighted by Gasteiger charge is -2.02. The topological polar surface area (TPSA) is 40.9 Å². The second-order valence-corrected chi connectivity index (χ2v) is 5.40. The first-order chi connectivity index (χ1) is 9.41. The van der Waals surface area contributed by atoms with Crippen LogP contribution >= 0.6 is 0 Å². The Morgan fingerprint density at radius 1 is 0.526 bits per heavy atom. The van der Waals surface area contributed by atoms with Gasteiger partial charge in [-0.3, -0.25) is 4.79 Å². The van der Waals surface area contributed by atoms with E-state index < -0.39 is 0 Å².